The summed E-state index contributed by atoms with van der Waals surface area (Å²) in [5, 5.41) is 12.9. The van der Waals surface area contributed by atoms with Gasteiger partial charge < -0.3 is 29.7 Å². The Bertz CT molecular complexity index is 1280. The molecule has 1 aromatic carbocycles. The van der Waals surface area contributed by atoms with Crippen LogP contribution in [0.2, 0.25) is 0 Å². The summed E-state index contributed by atoms with van der Waals surface area (Å²) in [6.07, 6.45) is -2.07. The largest absolute Gasteiger partial charge is 0.490 e. The average Bonchev–Trinajstić information content (AvgIpc) is 3.01. The molecule has 0 unspecified atom stereocenters. The summed E-state index contributed by atoms with van der Waals surface area (Å²) in [5.41, 5.74) is 0.945. The maximum atomic E-state index is 14.2. The molecule has 3 rings (SSSR count). The lowest BCUT2D eigenvalue weighted by Gasteiger charge is -2.36. The molecule has 0 fully saturated rings. The van der Waals surface area contributed by atoms with E-state index < -0.39 is 43.0 Å². The average molecular weight is 637 g/mol. The van der Waals surface area contributed by atoms with Gasteiger partial charge in [-0.05, 0) is 63.4 Å². The van der Waals surface area contributed by atoms with E-state index in [9.17, 15) is 32.7 Å². The van der Waals surface area contributed by atoms with Crippen LogP contribution in [0, 0.1) is 5.92 Å². The van der Waals surface area contributed by atoms with Gasteiger partial charge in [0.1, 0.15) is 5.75 Å². The molecule has 248 valence electrons. The van der Waals surface area contributed by atoms with Crippen molar-refractivity contribution in [3.63, 3.8) is 0 Å². The number of pyridine rings is 1. The highest BCUT2D eigenvalue weighted by atomic mass is 19.4. The summed E-state index contributed by atoms with van der Waals surface area (Å²) >= 11 is 0. The number of rotatable bonds is 8. The number of hydrogen-bond donors (Lipinski definition) is 2. The summed E-state index contributed by atoms with van der Waals surface area (Å²) in [5.74, 6) is -1.53. The zero-order valence-electron chi connectivity index (χ0n) is 26.2. The number of hydrogen-bond acceptors (Lipinski definition) is 7. The molecule has 0 saturated heterocycles. The van der Waals surface area contributed by atoms with Crippen LogP contribution in [0.25, 0.3) is 0 Å². The second-order valence-electron chi connectivity index (χ2n) is 11.6. The van der Waals surface area contributed by atoms with Gasteiger partial charge in [-0.25, -0.2) is 0 Å². The van der Waals surface area contributed by atoms with E-state index >= 15 is 0 Å². The predicted octanol–water partition coefficient (Wildman–Crippen LogP) is 4.93. The Kier molecular flexibility index (Phi) is 13.2. The number of aromatic nitrogens is 1. The number of alkyl halides is 3. The van der Waals surface area contributed by atoms with Crippen molar-refractivity contribution in [1.82, 2.24) is 14.8 Å². The van der Waals surface area contributed by atoms with Crippen molar-refractivity contribution in [3.8, 4) is 5.75 Å². The molecule has 13 heteroatoms. The number of carbonyl (C=O) groups excluding carboxylic acids is 3. The van der Waals surface area contributed by atoms with Gasteiger partial charge in [-0.3, -0.25) is 19.4 Å². The number of amides is 3. The highest BCUT2D eigenvalue weighted by molar-refractivity contribution is 6.05. The van der Waals surface area contributed by atoms with Gasteiger partial charge in [0.25, 0.3) is 11.8 Å². The Hall–Kier alpha value is -3.71. The number of benzene rings is 1. The van der Waals surface area contributed by atoms with Crippen LogP contribution in [0.4, 0.5) is 18.9 Å². The lowest BCUT2D eigenvalue weighted by molar-refractivity contribution is -0.149. The lowest BCUT2D eigenvalue weighted by atomic mass is 10.0. The topological polar surface area (TPSA) is 121 Å². The number of nitrogens with zero attached hydrogens (tertiary/aromatic N) is 3. The van der Waals surface area contributed by atoms with E-state index in [1.165, 1.54) is 35.3 Å². The summed E-state index contributed by atoms with van der Waals surface area (Å²) in [6, 6.07) is 7.33. The maximum absolute atomic E-state index is 14.2. The van der Waals surface area contributed by atoms with Crippen LogP contribution in [-0.2, 0) is 9.53 Å². The standard InChI is InChI=1S/C32H43F3N4O6/c1-21-18-39(22(2)20-40)31(43)26-17-25(37-30(42)24-11-14-36-15-12-24)8-9-27(26)45-23(3)7-5-6-16-44-28(21)19-38(4)29(41)10-13-32(33,34)35/h8-9,11-12,14-15,17,21-23,28,40H,5-7,10,13,16,18-20H2,1-4H3,(H,37,42)/t21-,22+,23+,28-/m0/s1. The molecule has 2 N–H and O–H groups in total. The molecule has 2 aromatic rings. The molecule has 0 saturated carbocycles. The van der Waals surface area contributed by atoms with E-state index in [2.05, 4.69) is 10.3 Å². The number of carbonyl (C=O) groups is 3. The molecule has 45 heavy (non-hydrogen) atoms. The zero-order valence-corrected chi connectivity index (χ0v) is 26.2. The minimum absolute atomic E-state index is 0.0364. The maximum Gasteiger partial charge on any atom is 0.389 e. The van der Waals surface area contributed by atoms with E-state index in [1.54, 1.807) is 31.2 Å². The van der Waals surface area contributed by atoms with Crippen molar-refractivity contribution in [1.29, 1.82) is 0 Å². The van der Waals surface area contributed by atoms with Gasteiger partial charge in [0.15, 0.2) is 0 Å². The fraction of sp³-hybridized carbons (Fsp3) is 0.562. The van der Waals surface area contributed by atoms with Crippen LogP contribution in [0.15, 0.2) is 42.7 Å². The summed E-state index contributed by atoms with van der Waals surface area (Å²) in [6.45, 7) is 5.57. The first-order valence-electron chi connectivity index (χ1n) is 15.1. The first kappa shape index (κ1) is 35.8. The van der Waals surface area contributed by atoms with E-state index in [0.29, 0.717) is 36.4 Å². The van der Waals surface area contributed by atoms with Gasteiger partial charge >= 0.3 is 6.18 Å². The molecule has 1 aliphatic heterocycles. The van der Waals surface area contributed by atoms with Crippen molar-refractivity contribution in [2.24, 2.45) is 5.92 Å². The molecule has 0 radical (unpaired) electrons. The van der Waals surface area contributed by atoms with E-state index in [1.807, 2.05) is 13.8 Å². The van der Waals surface area contributed by atoms with Crippen molar-refractivity contribution in [3.05, 3.63) is 53.9 Å². The van der Waals surface area contributed by atoms with Crippen molar-refractivity contribution in [2.75, 3.05) is 38.7 Å². The molecule has 1 aliphatic rings. The third-order valence-corrected chi connectivity index (χ3v) is 7.75. The number of halogens is 3. The number of aliphatic hydroxyl groups is 1. The molecule has 0 aliphatic carbocycles. The zero-order chi connectivity index (χ0) is 33.1. The number of aliphatic hydroxyl groups excluding tert-OH is 1. The Morgan fingerprint density at radius 3 is 2.56 bits per heavy atom. The van der Waals surface area contributed by atoms with Crippen LogP contribution >= 0.6 is 0 Å². The van der Waals surface area contributed by atoms with Gasteiger partial charge in [-0.2, -0.15) is 13.2 Å². The molecule has 2 heterocycles. The molecular formula is C32H43F3N4O6. The van der Waals surface area contributed by atoms with E-state index in [-0.39, 0.29) is 43.2 Å². The van der Waals surface area contributed by atoms with Crippen LogP contribution in [0.1, 0.15) is 73.6 Å². The van der Waals surface area contributed by atoms with Crippen LogP contribution in [0.5, 0.6) is 5.75 Å². The lowest BCUT2D eigenvalue weighted by Crippen LogP contribution is -2.48. The molecular weight excluding hydrogens is 593 g/mol. The minimum atomic E-state index is -4.44. The first-order chi connectivity index (χ1) is 21.3. The Morgan fingerprint density at radius 1 is 1.18 bits per heavy atom. The van der Waals surface area contributed by atoms with Gasteiger partial charge in [-0.15, -0.1) is 0 Å². The third-order valence-electron chi connectivity index (χ3n) is 7.75. The van der Waals surface area contributed by atoms with Crippen molar-refractivity contribution in [2.45, 2.75) is 77.3 Å². The number of likely N-dealkylation sites (N-methyl/N-ethyl adjacent to an activating group) is 1. The second-order valence-corrected chi connectivity index (χ2v) is 11.6. The first-order valence-corrected chi connectivity index (χ1v) is 15.1. The Morgan fingerprint density at radius 2 is 1.89 bits per heavy atom. The minimum Gasteiger partial charge on any atom is -0.490 e. The predicted molar refractivity (Wildman–Crippen MR) is 162 cm³/mol. The highest BCUT2D eigenvalue weighted by Crippen LogP contribution is 2.29. The molecule has 0 bridgehead atoms. The summed E-state index contributed by atoms with van der Waals surface area (Å²) < 4.78 is 50.5. The SMILES string of the molecule is C[C@@H]1CCCCO[C@@H](CN(C)C(=O)CCC(F)(F)F)[C@@H](C)CN([C@H](C)CO)C(=O)c2cc(NC(=O)c3ccncc3)ccc2O1. The molecule has 10 nitrogen and oxygen atoms in total. The third kappa shape index (κ3) is 11.0. The van der Waals surface area contributed by atoms with Gasteiger partial charge in [0.05, 0.1) is 36.8 Å². The van der Waals surface area contributed by atoms with Crippen LogP contribution < -0.4 is 10.1 Å². The molecule has 4 atom stereocenters. The molecule has 1 aromatic heterocycles. The summed E-state index contributed by atoms with van der Waals surface area (Å²) in [4.78, 5) is 46.2. The quantitative estimate of drug-likeness (QED) is 0.422. The van der Waals surface area contributed by atoms with Crippen molar-refractivity contribution < 1.29 is 42.1 Å². The van der Waals surface area contributed by atoms with Crippen LogP contribution in [-0.4, -0.2) is 95.4 Å². The second kappa shape index (κ2) is 16.6. The monoisotopic (exact) mass is 636 g/mol. The van der Waals surface area contributed by atoms with Gasteiger partial charge in [0.2, 0.25) is 5.91 Å². The smallest absolute Gasteiger partial charge is 0.389 e. The summed E-state index contributed by atoms with van der Waals surface area (Å²) in [7, 11) is 1.44. The van der Waals surface area contributed by atoms with Crippen LogP contribution in [0.3, 0.4) is 0 Å². The van der Waals surface area contributed by atoms with Gasteiger partial charge in [-0.1, -0.05) is 6.92 Å². The fourth-order valence-corrected chi connectivity index (χ4v) is 4.98. The normalized spacial score (nSPS) is 20.8. The number of anilines is 1. The van der Waals surface area contributed by atoms with E-state index in [0.717, 1.165) is 6.42 Å². The Labute approximate surface area is 261 Å². The molecule has 0 spiro atoms. The fourth-order valence-electron chi connectivity index (χ4n) is 4.98. The number of ether oxygens (including phenoxy) is 2. The number of nitrogens with one attached hydrogen (secondary N) is 1. The Balaban J connectivity index is 1.91. The van der Waals surface area contributed by atoms with Gasteiger partial charge in [0, 0.05) is 62.7 Å². The van der Waals surface area contributed by atoms with Crippen molar-refractivity contribution >= 4 is 23.4 Å². The molecule has 3 amide bonds. The highest BCUT2D eigenvalue weighted by Gasteiger charge is 2.32. The van der Waals surface area contributed by atoms with E-state index in [4.69, 9.17) is 9.47 Å². The number of fused-ring (bicyclic) bond motifs is 1.